The van der Waals surface area contributed by atoms with Crippen molar-refractivity contribution in [3.63, 3.8) is 0 Å². The molecule has 2 aliphatic heterocycles. The molecular weight excluding hydrogens is 340 g/mol. The van der Waals surface area contributed by atoms with Gasteiger partial charge in [-0.3, -0.25) is 4.79 Å². The van der Waals surface area contributed by atoms with Gasteiger partial charge in [-0.1, -0.05) is 12.1 Å². The number of hydrogen-bond acceptors (Lipinski definition) is 4. The molecule has 1 saturated carbocycles. The molecule has 1 aliphatic carbocycles. The van der Waals surface area contributed by atoms with Crippen molar-refractivity contribution in [1.82, 2.24) is 4.90 Å². The maximum atomic E-state index is 13.3. The second-order valence-electron chi connectivity index (χ2n) is 7.60. The van der Waals surface area contributed by atoms with E-state index in [0.717, 1.165) is 47.6 Å². The summed E-state index contributed by atoms with van der Waals surface area (Å²) in [6, 6.07) is 12.2. The Morgan fingerprint density at radius 3 is 2.85 bits per heavy atom. The van der Waals surface area contributed by atoms with Crippen LogP contribution in [-0.4, -0.2) is 29.6 Å². The number of para-hydroxylation sites is 1. The monoisotopic (exact) mass is 364 g/mol. The Bertz CT molecular complexity index is 906. The minimum atomic E-state index is -0.244. The molecule has 1 fully saturated rings. The lowest BCUT2D eigenvalue weighted by Gasteiger charge is -2.39. The number of ether oxygens (including phenoxy) is 2. The van der Waals surface area contributed by atoms with E-state index in [1.807, 2.05) is 36.1 Å². The van der Waals surface area contributed by atoms with Crippen molar-refractivity contribution in [2.24, 2.45) is 0 Å². The molecule has 0 spiro atoms. The highest BCUT2D eigenvalue weighted by atomic mass is 16.5. The zero-order valence-electron chi connectivity index (χ0n) is 15.7. The predicted octanol–water partition coefficient (Wildman–Crippen LogP) is 4.14. The third-order valence-corrected chi connectivity index (χ3v) is 5.53. The third-order valence-electron chi connectivity index (χ3n) is 5.53. The van der Waals surface area contributed by atoms with E-state index >= 15 is 0 Å². The Hall–Kier alpha value is -2.69. The summed E-state index contributed by atoms with van der Waals surface area (Å²) in [5.74, 6) is 1.84. The van der Waals surface area contributed by atoms with Crippen LogP contribution in [0.15, 0.2) is 36.4 Å². The van der Waals surface area contributed by atoms with Gasteiger partial charge in [0.1, 0.15) is 23.8 Å². The summed E-state index contributed by atoms with van der Waals surface area (Å²) in [4.78, 5) is 15.2. The van der Waals surface area contributed by atoms with E-state index < -0.39 is 0 Å². The SMILES string of the molecule is CCOc1cc2c(cc1[C@H]1Nc3ccccc3C(=O)N1C1CC1)O[C@H](C)C2. The molecule has 5 rings (SSSR count). The molecule has 2 heterocycles. The minimum absolute atomic E-state index is 0.0917. The maximum Gasteiger partial charge on any atom is 0.258 e. The summed E-state index contributed by atoms with van der Waals surface area (Å²) < 4.78 is 12.0. The van der Waals surface area contributed by atoms with Crippen LogP contribution in [0.4, 0.5) is 5.69 Å². The molecule has 0 radical (unpaired) electrons. The summed E-state index contributed by atoms with van der Waals surface area (Å²) in [7, 11) is 0. The van der Waals surface area contributed by atoms with Crippen molar-refractivity contribution in [2.45, 2.75) is 51.4 Å². The number of nitrogens with zero attached hydrogens (tertiary/aromatic N) is 1. The van der Waals surface area contributed by atoms with Crippen molar-refractivity contribution < 1.29 is 14.3 Å². The van der Waals surface area contributed by atoms with Crippen LogP contribution < -0.4 is 14.8 Å². The van der Waals surface area contributed by atoms with Crippen LogP contribution in [-0.2, 0) is 6.42 Å². The molecule has 0 bridgehead atoms. The topological polar surface area (TPSA) is 50.8 Å². The Balaban J connectivity index is 1.62. The Labute approximate surface area is 159 Å². The number of carbonyl (C=O) groups is 1. The van der Waals surface area contributed by atoms with Gasteiger partial charge in [-0.15, -0.1) is 0 Å². The van der Waals surface area contributed by atoms with E-state index in [9.17, 15) is 4.79 Å². The van der Waals surface area contributed by atoms with Crippen LogP contribution in [0.1, 0.15) is 54.3 Å². The van der Waals surface area contributed by atoms with E-state index in [0.29, 0.717) is 6.61 Å². The molecule has 3 aliphatic rings. The quantitative estimate of drug-likeness (QED) is 0.886. The van der Waals surface area contributed by atoms with Gasteiger partial charge in [0, 0.05) is 29.3 Å². The Morgan fingerprint density at radius 1 is 1.26 bits per heavy atom. The summed E-state index contributed by atoms with van der Waals surface area (Å²) in [5, 5.41) is 3.59. The first-order valence-electron chi connectivity index (χ1n) is 9.80. The summed E-state index contributed by atoms with van der Waals surface area (Å²) >= 11 is 0. The van der Waals surface area contributed by atoms with Crippen molar-refractivity contribution >= 4 is 11.6 Å². The maximum absolute atomic E-state index is 13.3. The van der Waals surface area contributed by atoms with Crippen molar-refractivity contribution in [1.29, 1.82) is 0 Å². The number of amides is 1. The number of benzene rings is 2. The fourth-order valence-corrected chi connectivity index (χ4v) is 4.17. The smallest absolute Gasteiger partial charge is 0.258 e. The van der Waals surface area contributed by atoms with E-state index in [-0.39, 0.29) is 24.2 Å². The lowest BCUT2D eigenvalue weighted by molar-refractivity contribution is 0.0663. The van der Waals surface area contributed by atoms with Crippen LogP contribution in [0, 0.1) is 0 Å². The number of anilines is 1. The van der Waals surface area contributed by atoms with Crippen molar-refractivity contribution in [3.8, 4) is 11.5 Å². The summed E-state index contributed by atoms with van der Waals surface area (Å²) in [6.45, 7) is 4.65. The van der Waals surface area contributed by atoms with Gasteiger partial charge >= 0.3 is 0 Å². The molecule has 1 amide bonds. The molecule has 2 atom stereocenters. The first-order chi connectivity index (χ1) is 13.2. The van der Waals surface area contributed by atoms with E-state index in [1.54, 1.807) is 0 Å². The average Bonchev–Trinajstić information content (AvgIpc) is 3.42. The van der Waals surface area contributed by atoms with Crippen LogP contribution in [0.25, 0.3) is 0 Å². The minimum Gasteiger partial charge on any atom is -0.493 e. The van der Waals surface area contributed by atoms with Crippen LogP contribution in [0.5, 0.6) is 11.5 Å². The molecule has 27 heavy (non-hydrogen) atoms. The molecular formula is C22H24N2O3. The molecule has 5 nitrogen and oxygen atoms in total. The second-order valence-corrected chi connectivity index (χ2v) is 7.60. The number of carbonyl (C=O) groups excluding carboxylic acids is 1. The Kier molecular flexibility index (Phi) is 3.78. The first kappa shape index (κ1) is 16.5. The molecule has 0 aromatic heterocycles. The summed E-state index contributed by atoms with van der Waals surface area (Å²) in [5.41, 5.74) is 3.76. The van der Waals surface area contributed by atoms with E-state index in [1.165, 1.54) is 5.56 Å². The number of rotatable bonds is 4. The van der Waals surface area contributed by atoms with Crippen molar-refractivity contribution in [3.05, 3.63) is 53.1 Å². The molecule has 2 aromatic rings. The predicted molar refractivity (Wildman–Crippen MR) is 103 cm³/mol. The zero-order chi connectivity index (χ0) is 18.5. The highest BCUT2D eigenvalue weighted by Crippen LogP contribution is 2.45. The lowest BCUT2D eigenvalue weighted by Crippen LogP contribution is -2.44. The standard InChI is InChI=1S/C22H24N2O3/c1-3-26-20-11-14-10-13(2)27-19(14)12-17(20)21-23-18-7-5-4-6-16(18)22(25)24(21)15-8-9-15/h4-7,11-13,15,21,23H,3,8-10H2,1-2H3/t13-,21+/m1/s1. The van der Waals surface area contributed by atoms with E-state index in [4.69, 9.17) is 9.47 Å². The lowest BCUT2D eigenvalue weighted by atomic mass is 10.00. The van der Waals surface area contributed by atoms with Gasteiger partial charge in [0.25, 0.3) is 5.91 Å². The molecule has 2 aromatic carbocycles. The van der Waals surface area contributed by atoms with Gasteiger partial charge < -0.3 is 19.7 Å². The average molecular weight is 364 g/mol. The fourth-order valence-electron chi connectivity index (χ4n) is 4.17. The first-order valence-corrected chi connectivity index (χ1v) is 9.80. The highest BCUT2D eigenvalue weighted by molar-refractivity contribution is 6.02. The van der Waals surface area contributed by atoms with Gasteiger partial charge in [0.2, 0.25) is 0 Å². The second kappa shape index (κ2) is 6.19. The fraction of sp³-hybridized carbons (Fsp3) is 0.409. The van der Waals surface area contributed by atoms with Gasteiger partial charge in [-0.2, -0.15) is 0 Å². The molecule has 0 saturated heterocycles. The zero-order valence-corrected chi connectivity index (χ0v) is 15.7. The molecule has 5 heteroatoms. The molecule has 0 unspecified atom stereocenters. The van der Waals surface area contributed by atoms with Crippen LogP contribution in [0.3, 0.4) is 0 Å². The normalized spacial score (nSPS) is 23.3. The molecule has 140 valence electrons. The largest absolute Gasteiger partial charge is 0.493 e. The number of fused-ring (bicyclic) bond motifs is 2. The van der Waals surface area contributed by atoms with Gasteiger partial charge in [-0.25, -0.2) is 0 Å². The highest BCUT2D eigenvalue weighted by Gasteiger charge is 2.43. The van der Waals surface area contributed by atoms with E-state index in [2.05, 4.69) is 24.4 Å². The summed E-state index contributed by atoms with van der Waals surface area (Å²) in [6.07, 6.45) is 2.92. The van der Waals surface area contributed by atoms with Crippen molar-refractivity contribution in [2.75, 3.05) is 11.9 Å². The third kappa shape index (κ3) is 2.73. The van der Waals surface area contributed by atoms with Gasteiger partial charge in [0.05, 0.1) is 12.2 Å². The number of nitrogens with one attached hydrogen (secondary N) is 1. The molecule has 1 N–H and O–H groups in total. The van der Waals surface area contributed by atoms with Gasteiger partial charge in [0.15, 0.2) is 0 Å². The number of hydrogen-bond donors (Lipinski definition) is 1. The van der Waals surface area contributed by atoms with Crippen LogP contribution in [0.2, 0.25) is 0 Å². The Morgan fingerprint density at radius 2 is 2.07 bits per heavy atom. The van der Waals surface area contributed by atoms with Gasteiger partial charge in [-0.05, 0) is 51.0 Å². The van der Waals surface area contributed by atoms with Crippen LogP contribution >= 0.6 is 0 Å².